The fourth-order valence-electron chi connectivity index (χ4n) is 2.70. The first-order chi connectivity index (χ1) is 7.42. The maximum atomic E-state index is 9.86. The zero-order valence-electron chi connectivity index (χ0n) is 11.3. The van der Waals surface area contributed by atoms with E-state index in [0.717, 1.165) is 6.42 Å². The number of hydrogen-bond acceptors (Lipinski definition) is 2. The normalized spacial score (nSPS) is 21.4. The van der Waals surface area contributed by atoms with Crippen LogP contribution < -0.4 is 0 Å². The van der Waals surface area contributed by atoms with E-state index in [4.69, 9.17) is 4.74 Å². The molecule has 0 aliphatic heterocycles. The van der Waals surface area contributed by atoms with Gasteiger partial charge >= 0.3 is 0 Å². The Morgan fingerprint density at radius 1 is 1.19 bits per heavy atom. The predicted molar refractivity (Wildman–Crippen MR) is 67.2 cm³/mol. The number of hydrogen-bond donors (Lipinski definition) is 1. The van der Waals surface area contributed by atoms with Crippen molar-refractivity contribution < 1.29 is 9.84 Å². The minimum Gasteiger partial charge on any atom is -0.368 e. The van der Waals surface area contributed by atoms with Gasteiger partial charge in [0.15, 0.2) is 6.29 Å². The highest BCUT2D eigenvalue weighted by Gasteiger charge is 2.33. The van der Waals surface area contributed by atoms with Crippen LogP contribution in [-0.4, -0.2) is 17.0 Å². The van der Waals surface area contributed by atoms with Crippen molar-refractivity contribution in [2.24, 2.45) is 11.8 Å². The molecule has 1 aliphatic carbocycles. The lowest BCUT2D eigenvalue weighted by Gasteiger charge is -2.38. The summed E-state index contributed by atoms with van der Waals surface area (Å²) in [7, 11) is 0. The third kappa shape index (κ3) is 4.42. The third-order valence-electron chi connectivity index (χ3n) is 3.70. The van der Waals surface area contributed by atoms with Gasteiger partial charge < -0.3 is 9.84 Å². The van der Waals surface area contributed by atoms with Gasteiger partial charge in [-0.05, 0) is 38.5 Å². The van der Waals surface area contributed by atoms with Crippen molar-refractivity contribution in [3.63, 3.8) is 0 Å². The standard InChI is InChI=1S/C14H28O2/c1-11(2)10-13(15)16-14(3,4)12-8-6-5-7-9-12/h11-13,15H,5-10H2,1-4H3. The maximum absolute atomic E-state index is 9.86. The van der Waals surface area contributed by atoms with Crippen LogP contribution in [0.3, 0.4) is 0 Å². The summed E-state index contributed by atoms with van der Waals surface area (Å²) in [5, 5.41) is 9.86. The molecule has 1 N–H and O–H groups in total. The summed E-state index contributed by atoms with van der Waals surface area (Å²) < 4.78 is 5.84. The van der Waals surface area contributed by atoms with Crippen molar-refractivity contribution in [2.75, 3.05) is 0 Å². The molecule has 0 aromatic rings. The summed E-state index contributed by atoms with van der Waals surface area (Å²) in [5.41, 5.74) is -0.172. The second-order valence-corrected chi connectivity index (χ2v) is 6.14. The number of rotatable bonds is 5. The summed E-state index contributed by atoms with van der Waals surface area (Å²) in [6.07, 6.45) is 6.63. The molecule has 0 amide bonds. The Morgan fingerprint density at radius 2 is 1.75 bits per heavy atom. The Hall–Kier alpha value is -0.0800. The van der Waals surface area contributed by atoms with Crippen LogP contribution in [0.5, 0.6) is 0 Å². The van der Waals surface area contributed by atoms with Crippen molar-refractivity contribution in [2.45, 2.75) is 78.1 Å². The van der Waals surface area contributed by atoms with Crippen LogP contribution in [0.4, 0.5) is 0 Å². The number of aliphatic hydroxyl groups excluding tert-OH is 1. The van der Waals surface area contributed by atoms with Gasteiger partial charge in [0, 0.05) is 6.42 Å². The molecule has 1 saturated carbocycles. The fraction of sp³-hybridized carbons (Fsp3) is 1.00. The molecule has 1 fully saturated rings. The molecule has 2 heteroatoms. The Balaban J connectivity index is 2.42. The maximum Gasteiger partial charge on any atom is 0.155 e. The molecule has 0 heterocycles. The molecule has 1 aliphatic rings. The van der Waals surface area contributed by atoms with Gasteiger partial charge in [0.25, 0.3) is 0 Å². The quantitative estimate of drug-likeness (QED) is 0.727. The van der Waals surface area contributed by atoms with E-state index in [1.165, 1.54) is 32.1 Å². The number of aliphatic hydroxyl groups is 1. The first kappa shape index (κ1) is 14.0. The summed E-state index contributed by atoms with van der Waals surface area (Å²) in [5.74, 6) is 1.10. The van der Waals surface area contributed by atoms with Gasteiger partial charge in [-0.1, -0.05) is 33.1 Å². The van der Waals surface area contributed by atoms with Crippen LogP contribution in [-0.2, 0) is 4.74 Å². The topological polar surface area (TPSA) is 29.5 Å². The molecule has 1 atom stereocenters. The zero-order chi connectivity index (χ0) is 12.2. The van der Waals surface area contributed by atoms with Crippen LogP contribution in [0.2, 0.25) is 0 Å². The summed E-state index contributed by atoms with van der Waals surface area (Å²) >= 11 is 0. The van der Waals surface area contributed by atoms with Crippen molar-refractivity contribution >= 4 is 0 Å². The Bertz CT molecular complexity index is 193. The second-order valence-electron chi connectivity index (χ2n) is 6.14. The average molecular weight is 228 g/mol. The largest absolute Gasteiger partial charge is 0.368 e. The molecule has 2 nitrogen and oxygen atoms in total. The van der Waals surface area contributed by atoms with Gasteiger partial charge in [-0.25, -0.2) is 0 Å². The first-order valence-electron chi connectivity index (χ1n) is 6.77. The van der Waals surface area contributed by atoms with E-state index in [9.17, 15) is 5.11 Å². The lowest BCUT2D eigenvalue weighted by atomic mass is 9.78. The van der Waals surface area contributed by atoms with E-state index < -0.39 is 6.29 Å². The van der Waals surface area contributed by atoms with Crippen molar-refractivity contribution in [3.8, 4) is 0 Å². The molecule has 0 saturated heterocycles. The average Bonchev–Trinajstić information content (AvgIpc) is 2.16. The van der Waals surface area contributed by atoms with Crippen LogP contribution >= 0.6 is 0 Å². The molecule has 0 aromatic carbocycles. The zero-order valence-corrected chi connectivity index (χ0v) is 11.3. The van der Waals surface area contributed by atoms with Crippen LogP contribution in [0.1, 0.15) is 66.2 Å². The van der Waals surface area contributed by atoms with Crippen LogP contribution in [0, 0.1) is 11.8 Å². The third-order valence-corrected chi connectivity index (χ3v) is 3.70. The van der Waals surface area contributed by atoms with E-state index in [-0.39, 0.29) is 5.60 Å². The van der Waals surface area contributed by atoms with Gasteiger partial charge in [-0.15, -0.1) is 0 Å². The summed E-state index contributed by atoms with van der Waals surface area (Å²) in [6, 6.07) is 0. The molecule has 0 spiro atoms. The Labute approximate surface area is 100 Å². The van der Waals surface area contributed by atoms with E-state index >= 15 is 0 Å². The van der Waals surface area contributed by atoms with E-state index in [2.05, 4.69) is 27.7 Å². The van der Waals surface area contributed by atoms with E-state index in [0.29, 0.717) is 11.8 Å². The summed E-state index contributed by atoms with van der Waals surface area (Å²) in [6.45, 7) is 8.49. The van der Waals surface area contributed by atoms with Crippen LogP contribution in [0.25, 0.3) is 0 Å². The van der Waals surface area contributed by atoms with Crippen molar-refractivity contribution in [3.05, 3.63) is 0 Å². The SMILES string of the molecule is CC(C)CC(O)OC(C)(C)C1CCCCC1. The molecule has 96 valence electrons. The van der Waals surface area contributed by atoms with Crippen molar-refractivity contribution in [1.82, 2.24) is 0 Å². The molecular formula is C14H28O2. The molecule has 16 heavy (non-hydrogen) atoms. The van der Waals surface area contributed by atoms with Gasteiger partial charge in [-0.3, -0.25) is 0 Å². The van der Waals surface area contributed by atoms with Crippen LogP contribution in [0.15, 0.2) is 0 Å². The Kier molecular flexibility index (Phi) is 5.26. The lowest BCUT2D eigenvalue weighted by molar-refractivity contribution is -0.200. The molecule has 0 bridgehead atoms. The Morgan fingerprint density at radius 3 is 2.25 bits per heavy atom. The first-order valence-corrected chi connectivity index (χ1v) is 6.77. The molecular weight excluding hydrogens is 200 g/mol. The predicted octanol–water partition coefficient (Wildman–Crippen LogP) is 3.73. The van der Waals surface area contributed by atoms with Gasteiger partial charge in [0.1, 0.15) is 0 Å². The highest BCUT2D eigenvalue weighted by Crippen LogP contribution is 2.35. The smallest absolute Gasteiger partial charge is 0.155 e. The monoisotopic (exact) mass is 228 g/mol. The highest BCUT2D eigenvalue weighted by molar-refractivity contribution is 4.82. The molecule has 1 unspecified atom stereocenters. The highest BCUT2D eigenvalue weighted by atomic mass is 16.6. The second kappa shape index (κ2) is 6.02. The minimum absolute atomic E-state index is 0.172. The van der Waals surface area contributed by atoms with Gasteiger partial charge in [0.2, 0.25) is 0 Å². The lowest BCUT2D eigenvalue weighted by Crippen LogP contribution is -2.39. The molecule has 1 rings (SSSR count). The fourth-order valence-corrected chi connectivity index (χ4v) is 2.70. The molecule has 0 aromatic heterocycles. The van der Waals surface area contributed by atoms with Gasteiger partial charge in [-0.2, -0.15) is 0 Å². The van der Waals surface area contributed by atoms with E-state index in [1.54, 1.807) is 0 Å². The number of ether oxygens (including phenoxy) is 1. The minimum atomic E-state index is -0.600. The van der Waals surface area contributed by atoms with E-state index in [1.807, 2.05) is 0 Å². The van der Waals surface area contributed by atoms with Gasteiger partial charge in [0.05, 0.1) is 5.60 Å². The molecule has 0 radical (unpaired) electrons. The van der Waals surface area contributed by atoms with Crippen molar-refractivity contribution in [1.29, 1.82) is 0 Å². The summed E-state index contributed by atoms with van der Waals surface area (Å²) in [4.78, 5) is 0.